The van der Waals surface area contributed by atoms with Crippen molar-refractivity contribution in [1.82, 2.24) is 9.97 Å². The molecule has 136 valence electrons. The number of hydrogen-bond acceptors (Lipinski definition) is 4. The summed E-state index contributed by atoms with van der Waals surface area (Å²) in [5.41, 5.74) is 0.713. The van der Waals surface area contributed by atoms with Gasteiger partial charge in [-0.3, -0.25) is 0 Å². The summed E-state index contributed by atoms with van der Waals surface area (Å²) in [4.78, 5) is 8.63. The van der Waals surface area contributed by atoms with Gasteiger partial charge in [-0.15, -0.1) is 0 Å². The highest BCUT2D eigenvalue weighted by Crippen LogP contribution is 2.37. The Morgan fingerprint density at radius 1 is 1.16 bits per heavy atom. The molecule has 0 amide bonds. The number of ether oxygens (including phenoxy) is 2. The first-order chi connectivity index (χ1) is 11.9. The van der Waals surface area contributed by atoms with Crippen molar-refractivity contribution in [2.24, 2.45) is 0 Å². The molecule has 0 saturated heterocycles. The maximum atomic E-state index is 12.8. The van der Waals surface area contributed by atoms with Gasteiger partial charge in [-0.25, -0.2) is 9.97 Å². The van der Waals surface area contributed by atoms with Crippen molar-refractivity contribution >= 4 is 0 Å². The molecular formula is C18H21F3N2O2. The highest BCUT2D eigenvalue weighted by molar-refractivity contribution is 5.69. The zero-order valence-corrected chi connectivity index (χ0v) is 14.5. The minimum atomic E-state index is -4.43. The molecule has 7 heteroatoms. The summed E-state index contributed by atoms with van der Waals surface area (Å²) in [6.07, 6.45) is 0.160. The first-order valence-electron chi connectivity index (χ1n) is 8.08. The fraction of sp³-hybridized carbons (Fsp3) is 0.444. The molecule has 0 atom stereocenters. The normalized spacial score (nSPS) is 11.4. The minimum Gasteiger partial charge on any atom is -0.496 e. The van der Waals surface area contributed by atoms with Gasteiger partial charge in [-0.2, -0.15) is 13.2 Å². The average Bonchev–Trinajstić information content (AvgIpc) is 2.57. The number of methoxy groups -OCH3 is 1. The van der Waals surface area contributed by atoms with E-state index in [2.05, 4.69) is 16.9 Å². The fourth-order valence-corrected chi connectivity index (χ4v) is 2.39. The number of benzene rings is 1. The van der Waals surface area contributed by atoms with Crippen LogP contribution in [0.3, 0.4) is 0 Å². The van der Waals surface area contributed by atoms with Crippen molar-refractivity contribution in [2.75, 3.05) is 13.7 Å². The van der Waals surface area contributed by atoms with E-state index >= 15 is 0 Å². The molecule has 0 N–H and O–H groups in total. The van der Waals surface area contributed by atoms with Crippen LogP contribution >= 0.6 is 0 Å². The lowest BCUT2D eigenvalue weighted by molar-refractivity contribution is -0.137. The maximum absolute atomic E-state index is 12.8. The van der Waals surface area contributed by atoms with Crippen molar-refractivity contribution in [1.29, 1.82) is 0 Å². The summed E-state index contributed by atoms with van der Waals surface area (Å²) in [6.45, 7) is 4.40. The Labute approximate surface area is 145 Å². The quantitative estimate of drug-likeness (QED) is 0.653. The molecule has 0 fully saturated rings. The van der Waals surface area contributed by atoms with Crippen LogP contribution in [0.2, 0.25) is 0 Å². The highest BCUT2D eigenvalue weighted by atomic mass is 19.4. The Kier molecular flexibility index (Phi) is 6.22. The molecule has 0 aliphatic carbocycles. The van der Waals surface area contributed by atoms with E-state index in [-0.39, 0.29) is 5.75 Å². The molecule has 1 aromatic heterocycles. The summed E-state index contributed by atoms with van der Waals surface area (Å²) in [5, 5.41) is 0. The van der Waals surface area contributed by atoms with Crippen LogP contribution in [0.25, 0.3) is 11.3 Å². The second-order valence-electron chi connectivity index (χ2n) is 5.61. The molecule has 0 radical (unpaired) electrons. The Bertz CT molecular complexity index is 718. The zero-order valence-electron chi connectivity index (χ0n) is 14.5. The third-order valence-corrected chi connectivity index (χ3v) is 3.71. The molecular weight excluding hydrogens is 333 g/mol. The zero-order chi connectivity index (χ0) is 18.4. The van der Waals surface area contributed by atoms with E-state index in [0.29, 0.717) is 29.4 Å². The second kappa shape index (κ2) is 8.18. The predicted molar refractivity (Wildman–Crippen MR) is 88.8 cm³/mol. The van der Waals surface area contributed by atoms with Crippen LogP contribution in [0.4, 0.5) is 13.2 Å². The number of rotatable bonds is 7. The molecule has 0 unspecified atom stereocenters. The summed E-state index contributed by atoms with van der Waals surface area (Å²) >= 11 is 0. The molecule has 1 heterocycles. The molecule has 0 saturated carbocycles. The van der Waals surface area contributed by atoms with E-state index in [1.807, 2.05) is 0 Å². The van der Waals surface area contributed by atoms with Gasteiger partial charge in [0.25, 0.3) is 0 Å². The van der Waals surface area contributed by atoms with E-state index in [4.69, 9.17) is 9.47 Å². The van der Waals surface area contributed by atoms with Crippen LogP contribution < -0.4 is 9.47 Å². The number of alkyl halides is 3. The molecule has 0 spiro atoms. The van der Waals surface area contributed by atoms with Gasteiger partial charge in [0, 0.05) is 5.56 Å². The van der Waals surface area contributed by atoms with E-state index in [1.165, 1.54) is 19.4 Å². The van der Waals surface area contributed by atoms with E-state index in [1.54, 1.807) is 6.92 Å². The number of unbranched alkanes of at least 4 members (excludes halogenated alkanes) is 2. The van der Waals surface area contributed by atoms with Gasteiger partial charge in [-0.05, 0) is 31.5 Å². The molecule has 2 aromatic rings. The summed E-state index contributed by atoms with van der Waals surface area (Å²) in [5.74, 6) is 0.507. The van der Waals surface area contributed by atoms with Crippen LogP contribution in [0.1, 0.15) is 37.4 Å². The molecule has 4 nitrogen and oxygen atoms in total. The monoisotopic (exact) mass is 354 g/mol. The van der Waals surface area contributed by atoms with Crippen molar-refractivity contribution in [3.8, 4) is 22.9 Å². The number of hydrogen-bond donors (Lipinski definition) is 0. The van der Waals surface area contributed by atoms with E-state index < -0.39 is 11.7 Å². The van der Waals surface area contributed by atoms with E-state index in [0.717, 1.165) is 31.4 Å². The Morgan fingerprint density at radius 3 is 2.52 bits per heavy atom. The lowest BCUT2D eigenvalue weighted by Gasteiger charge is -2.14. The van der Waals surface area contributed by atoms with Gasteiger partial charge in [-0.1, -0.05) is 19.8 Å². The standard InChI is InChI=1S/C18H21F3N2O2/c1-4-5-6-9-25-16-11-22-17(12(2)23-16)14-8-7-13(18(19,20)21)10-15(14)24-3/h7-8,10-11H,4-6,9H2,1-3H3. The van der Waals surface area contributed by atoms with Crippen molar-refractivity contribution in [2.45, 2.75) is 39.3 Å². The smallest absolute Gasteiger partial charge is 0.416 e. The molecule has 0 bridgehead atoms. The van der Waals surface area contributed by atoms with Gasteiger partial charge in [0.05, 0.1) is 36.9 Å². The SMILES string of the molecule is CCCCCOc1cnc(-c2ccc(C(F)(F)F)cc2OC)c(C)n1. The topological polar surface area (TPSA) is 44.2 Å². The van der Waals surface area contributed by atoms with Gasteiger partial charge in [0.1, 0.15) is 5.75 Å². The molecule has 2 rings (SSSR count). The first kappa shape index (κ1) is 19.0. The summed E-state index contributed by atoms with van der Waals surface area (Å²) in [7, 11) is 1.33. The molecule has 0 aliphatic heterocycles. The lowest BCUT2D eigenvalue weighted by atomic mass is 10.1. The number of aromatic nitrogens is 2. The Hall–Kier alpha value is -2.31. The van der Waals surface area contributed by atoms with Crippen molar-refractivity contribution < 1.29 is 22.6 Å². The first-order valence-corrected chi connectivity index (χ1v) is 8.08. The van der Waals surface area contributed by atoms with Crippen LogP contribution in [0, 0.1) is 6.92 Å². The Balaban J connectivity index is 2.26. The number of nitrogens with zero attached hydrogens (tertiary/aromatic N) is 2. The fourth-order valence-electron chi connectivity index (χ4n) is 2.39. The predicted octanol–water partition coefficient (Wildman–Crippen LogP) is 5.05. The lowest BCUT2D eigenvalue weighted by Crippen LogP contribution is -2.06. The van der Waals surface area contributed by atoms with Crippen LogP contribution in [-0.4, -0.2) is 23.7 Å². The highest BCUT2D eigenvalue weighted by Gasteiger charge is 2.31. The summed E-state index contributed by atoms with van der Waals surface area (Å²) in [6, 6.07) is 3.32. The molecule has 0 aliphatic rings. The van der Waals surface area contributed by atoms with Crippen LogP contribution in [0.5, 0.6) is 11.6 Å². The van der Waals surface area contributed by atoms with Crippen molar-refractivity contribution in [3.63, 3.8) is 0 Å². The number of aryl methyl sites for hydroxylation is 1. The minimum absolute atomic E-state index is 0.101. The van der Waals surface area contributed by atoms with Gasteiger partial charge in [0.2, 0.25) is 5.88 Å². The molecule has 25 heavy (non-hydrogen) atoms. The summed E-state index contributed by atoms with van der Waals surface area (Å²) < 4.78 is 49.2. The second-order valence-corrected chi connectivity index (χ2v) is 5.61. The van der Waals surface area contributed by atoms with Gasteiger partial charge < -0.3 is 9.47 Å². The van der Waals surface area contributed by atoms with E-state index in [9.17, 15) is 13.2 Å². The molecule has 1 aromatic carbocycles. The third-order valence-electron chi connectivity index (χ3n) is 3.71. The Morgan fingerprint density at radius 2 is 1.92 bits per heavy atom. The number of halogens is 3. The largest absolute Gasteiger partial charge is 0.496 e. The van der Waals surface area contributed by atoms with Crippen LogP contribution in [-0.2, 0) is 6.18 Å². The van der Waals surface area contributed by atoms with Gasteiger partial charge in [0.15, 0.2) is 0 Å². The van der Waals surface area contributed by atoms with Crippen molar-refractivity contribution in [3.05, 3.63) is 35.7 Å². The van der Waals surface area contributed by atoms with Crippen LogP contribution in [0.15, 0.2) is 24.4 Å². The third kappa shape index (κ3) is 4.84. The maximum Gasteiger partial charge on any atom is 0.416 e. The van der Waals surface area contributed by atoms with Gasteiger partial charge >= 0.3 is 6.18 Å². The average molecular weight is 354 g/mol.